The van der Waals surface area contributed by atoms with Crippen LogP contribution in [0.5, 0.6) is 0 Å². The molecule has 0 saturated carbocycles. The molecule has 0 spiro atoms. The maximum absolute atomic E-state index is 11.7. The van der Waals surface area contributed by atoms with Gasteiger partial charge in [-0.05, 0) is 12.5 Å². The second kappa shape index (κ2) is 5.18. The van der Waals surface area contributed by atoms with Crippen molar-refractivity contribution < 1.29 is 9.90 Å². The number of hydrogen-bond acceptors (Lipinski definition) is 3. The molecule has 1 aromatic carbocycles. The molecule has 0 fully saturated rings. The zero-order valence-corrected chi connectivity index (χ0v) is 10.7. The van der Waals surface area contributed by atoms with Gasteiger partial charge in [0.1, 0.15) is 0 Å². The third kappa shape index (κ3) is 2.87. The molecule has 0 bridgehead atoms. The van der Waals surface area contributed by atoms with Gasteiger partial charge in [-0.3, -0.25) is 14.2 Å². The quantitative estimate of drug-likeness (QED) is 0.916. The van der Waals surface area contributed by atoms with Crippen LogP contribution in [0.1, 0.15) is 16.8 Å². The first-order chi connectivity index (χ1) is 8.56. The fourth-order valence-corrected chi connectivity index (χ4v) is 2.45. The molecule has 2 aromatic rings. The van der Waals surface area contributed by atoms with Crippen LogP contribution >= 0.6 is 11.3 Å². The van der Waals surface area contributed by atoms with Crippen molar-refractivity contribution in [3.05, 3.63) is 56.1 Å². The van der Waals surface area contributed by atoms with E-state index < -0.39 is 5.97 Å². The molecule has 0 radical (unpaired) electrons. The van der Waals surface area contributed by atoms with Crippen LogP contribution in [0.2, 0.25) is 0 Å². The van der Waals surface area contributed by atoms with Gasteiger partial charge in [0, 0.05) is 11.1 Å². The minimum atomic E-state index is -0.926. The number of benzene rings is 1. The molecule has 0 aliphatic heterocycles. The number of carbonyl (C=O) groups is 1. The highest BCUT2D eigenvalue weighted by molar-refractivity contribution is 7.07. The summed E-state index contributed by atoms with van der Waals surface area (Å²) in [7, 11) is 0. The highest BCUT2D eigenvalue weighted by Crippen LogP contribution is 2.09. The van der Waals surface area contributed by atoms with Gasteiger partial charge < -0.3 is 5.11 Å². The van der Waals surface area contributed by atoms with Crippen LogP contribution in [-0.4, -0.2) is 15.6 Å². The summed E-state index contributed by atoms with van der Waals surface area (Å²) < 4.78 is 1.52. The zero-order valence-electron chi connectivity index (χ0n) is 9.92. The molecule has 0 saturated heterocycles. The third-order valence-corrected chi connectivity index (χ3v) is 3.47. The molecular weight excluding hydrogens is 250 g/mol. The van der Waals surface area contributed by atoms with Crippen molar-refractivity contribution in [2.45, 2.75) is 19.9 Å². The average molecular weight is 263 g/mol. The highest BCUT2D eigenvalue weighted by atomic mass is 32.1. The number of aromatic nitrogens is 1. The molecule has 0 atom stereocenters. The van der Waals surface area contributed by atoms with Crippen molar-refractivity contribution in [1.82, 2.24) is 4.57 Å². The predicted octanol–water partition coefficient (Wildman–Crippen LogP) is 1.89. The number of aliphatic carboxylic acids is 1. The Kier molecular flexibility index (Phi) is 3.62. The number of aryl methyl sites for hydroxylation is 1. The minimum absolute atomic E-state index is 0.119. The Morgan fingerprint density at radius 2 is 2.00 bits per heavy atom. The van der Waals surface area contributed by atoms with Crippen LogP contribution in [-0.2, 0) is 17.8 Å². The summed E-state index contributed by atoms with van der Waals surface area (Å²) in [5.74, 6) is -0.926. The van der Waals surface area contributed by atoms with Crippen LogP contribution < -0.4 is 4.87 Å². The van der Waals surface area contributed by atoms with Crippen molar-refractivity contribution in [1.29, 1.82) is 0 Å². The lowest BCUT2D eigenvalue weighted by atomic mass is 10.1. The van der Waals surface area contributed by atoms with E-state index in [4.69, 9.17) is 5.11 Å². The average Bonchev–Trinajstić information content (AvgIpc) is 2.64. The summed E-state index contributed by atoms with van der Waals surface area (Å²) in [6.45, 7) is 2.42. The molecular formula is C13H13NO3S. The van der Waals surface area contributed by atoms with Gasteiger partial charge >= 0.3 is 10.8 Å². The molecule has 94 valence electrons. The minimum Gasteiger partial charge on any atom is -0.481 e. The lowest BCUT2D eigenvalue weighted by Crippen LogP contribution is -2.18. The maximum Gasteiger partial charge on any atom is 0.309 e. The van der Waals surface area contributed by atoms with E-state index in [9.17, 15) is 9.59 Å². The molecule has 1 heterocycles. The van der Waals surface area contributed by atoms with Gasteiger partial charge in [-0.1, -0.05) is 41.2 Å². The summed E-state index contributed by atoms with van der Waals surface area (Å²) >= 11 is 1.04. The van der Waals surface area contributed by atoms with Crippen LogP contribution in [0.25, 0.3) is 0 Å². The molecule has 0 aliphatic rings. The van der Waals surface area contributed by atoms with Gasteiger partial charge in [-0.25, -0.2) is 0 Å². The standard InChI is InChI=1S/C13H13NO3S/c1-9-2-4-10(5-3-9)7-14-11(6-12(15)16)8-18-13(14)17/h2-5,8H,6-7H2,1H3,(H,15,16). The van der Waals surface area contributed by atoms with Crippen molar-refractivity contribution in [2.75, 3.05) is 0 Å². The molecule has 0 amide bonds. The first-order valence-corrected chi connectivity index (χ1v) is 6.39. The van der Waals surface area contributed by atoms with E-state index >= 15 is 0 Å². The SMILES string of the molecule is Cc1ccc(Cn2c(CC(=O)O)csc2=O)cc1. The molecule has 5 heteroatoms. The van der Waals surface area contributed by atoms with Gasteiger partial charge in [0.2, 0.25) is 0 Å². The van der Waals surface area contributed by atoms with Crippen molar-refractivity contribution in [2.24, 2.45) is 0 Å². The molecule has 2 rings (SSSR count). The lowest BCUT2D eigenvalue weighted by Gasteiger charge is -2.06. The zero-order chi connectivity index (χ0) is 13.1. The van der Waals surface area contributed by atoms with Gasteiger partial charge in [0.15, 0.2) is 0 Å². The predicted molar refractivity (Wildman–Crippen MR) is 70.2 cm³/mol. The van der Waals surface area contributed by atoms with Crippen molar-refractivity contribution >= 4 is 17.3 Å². The molecule has 1 N–H and O–H groups in total. The smallest absolute Gasteiger partial charge is 0.309 e. The second-order valence-corrected chi connectivity index (χ2v) is 4.96. The fourth-order valence-electron chi connectivity index (χ4n) is 1.70. The van der Waals surface area contributed by atoms with E-state index in [1.807, 2.05) is 31.2 Å². The number of hydrogen-bond donors (Lipinski definition) is 1. The van der Waals surface area contributed by atoms with E-state index in [2.05, 4.69) is 0 Å². The van der Waals surface area contributed by atoms with E-state index in [-0.39, 0.29) is 11.3 Å². The summed E-state index contributed by atoms with van der Waals surface area (Å²) in [6.07, 6.45) is -0.120. The molecule has 0 aliphatic carbocycles. The Balaban J connectivity index is 2.28. The van der Waals surface area contributed by atoms with Crippen LogP contribution in [0.15, 0.2) is 34.4 Å². The molecule has 18 heavy (non-hydrogen) atoms. The number of carboxylic acids is 1. The number of thiazole rings is 1. The highest BCUT2D eigenvalue weighted by Gasteiger charge is 2.10. The normalized spacial score (nSPS) is 10.5. The summed E-state index contributed by atoms with van der Waals surface area (Å²) in [5.41, 5.74) is 2.70. The Hall–Kier alpha value is -1.88. The summed E-state index contributed by atoms with van der Waals surface area (Å²) in [6, 6.07) is 7.85. The summed E-state index contributed by atoms with van der Waals surface area (Å²) in [5, 5.41) is 10.4. The van der Waals surface area contributed by atoms with Crippen LogP contribution in [0.3, 0.4) is 0 Å². The Bertz CT molecular complexity index is 610. The summed E-state index contributed by atoms with van der Waals surface area (Å²) in [4.78, 5) is 22.3. The Morgan fingerprint density at radius 1 is 1.33 bits per heavy atom. The molecule has 4 nitrogen and oxygen atoms in total. The van der Waals surface area contributed by atoms with E-state index in [0.717, 1.165) is 22.5 Å². The number of carboxylic acid groups (broad SMARTS) is 1. The molecule has 0 unspecified atom stereocenters. The lowest BCUT2D eigenvalue weighted by molar-refractivity contribution is -0.136. The topological polar surface area (TPSA) is 59.3 Å². The first kappa shape index (κ1) is 12.6. The van der Waals surface area contributed by atoms with Crippen molar-refractivity contribution in [3.8, 4) is 0 Å². The Morgan fingerprint density at radius 3 is 2.61 bits per heavy atom. The third-order valence-electron chi connectivity index (χ3n) is 2.66. The van der Waals surface area contributed by atoms with Gasteiger partial charge in [-0.15, -0.1) is 0 Å². The van der Waals surface area contributed by atoms with E-state index in [0.29, 0.717) is 12.2 Å². The number of rotatable bonds is 4. The Labute approximate surface area is 108 Å². The van der Waals surface area contributed by atoms with Gasteiger partial charge in [-0.2, -0.15) is 0 Å². The second-order valence-electron chi connectivity index (χ2n) is 4.14. The number of nitrogens with zero attached hydrogens (tertiary/aromatic N) is 1. The van der Waals surface area contributed by atoms with Crippen LogP contribution in [0.4, 0.5) is 0 Å². The van der Waals surface area contributed by atoms with Crippen LogP contribution in [0, 0.1) is 6.92 Å². The van der Waals surface area contributed by atoms with E-state index in [1.165, 1.54) is 4.57 Å². The first-order valence-electron chi connectivity index (χ1n) is 5.51. The van der Waals surface area contributed by atoms with Crippen molar-refractivity contribution in [3.63, 3.8) is 0 Å². The molecule has 1 aromatic heterocycles. The van der Waals surface area contributed by atoms with E-state index in [1.54, 1.807) is 5.38 Å². The van der Waals surface area contributed by atoms with Gasteiger partial charge in [0.25, 0.3) is 0 Å². The monoisotopic (exact) mass is 263 g/mol. The maximum atomic E-state index is 11.7. The van der Waals surface area contributed by atoms with Gasteiger partial charge in [0.05, 0.1) is 13.0 Å². The largest absolute Gasteiger partial charge is 0.481 e. The fraction of sp³-hybridized carbons (Fsp3) is 0.231.